The van der Waals surface area contributed by atoms with Gasteiger partial charge in [0.15, 0.2) is 0 Å². The van der Waals surface area contributed by atoms with Crippen LogP contribution >= 0.6 is 0 Å². The molecule has 2 rings (SSSR count). The van der Waals surface area contributed by atoms with Gasteiger partial charge in [-0.1, -0.05) is 0 Å². The molecule has 2 aromatic heterocycles. The first-order valence-electron chi connectivity index (χ1n) is 5.56. The Balaban J connectivity index is 2.24. The van der Waals surface area contributed by atoms with Gasteiger partial charge >= 0.3 is 0 Å². The average Bonchev–Trinajstić information content (AvgIpc) is 2.39. The van der Waals surface area contributed by atoms with Crippen LogP contribution in [-0.4, -0.2) is 22.9 Å². The molecule has 0 atom stereocenters. The first-order valence-corrected chi connectivity index (χ1v) is 5.56. The van der Waals surface area contributed by atoms with Crippen LogP contribution in [0.25, 0.3) is 0 Å². The Morgan fingerprint density at radius 1 is 1.33 bits per heavy atom. The summed E-state index contributed by atoms with van der Waals surface area (Å²) in [4.78, 5) is 20.2. The van der Waals surface area contributed by atoms with Crippen LogP contribution in [0.5, 0.6) is 0 Å². The molecule has 0 radical (unpaired) electrons. The van der Waals surface area contributed by atoms with Crippen molar-refractivity contribution in [3.63, 3.8) is 0 Å². The second kappa shape index (κ2) is 5.27. The molecule has 0 unspecified atom stereocenters. The standard InChI is InChI=1S/C13H14N4O/c1-9-6-12(14-2)11(8-16-9)13(18)17-10-4-3-5-15-7-10/h3-8H,1-2H3,(H,14,16)(H,17,18). The molecule has 0 saturated carbocycles. The largest absolute Gasteiger partial charge is 0.387 e. The van der Waals surface area contributed by atoms with Gasteiger partial charge in [-0.25, -0.2) is 0 Å². The quantitative estimate of drug-likeness (QED) is 0.864. The highest BCUT2D eigenvalue weighted by Gasteiger charge is 2.11. The molecule has 1 amide bonds. The molecule has 18 heavy (non-hydrogen) atoms. The fourth-order valence-corrected chi connectivity index (χ4v) is 1.58. The van der Waals surface area contributed by atoms with Gasteiger partial charge in [-0.05, 0) is 25.1 Å². The van der Waals surface area contributed by atoms with Crippen LogP contribution in [0.15, 0.2) is 36.8 Å². The Bertz CT molecular complexity index is 554. The van der Waals surface area contributed by atoms with E-state index in [0.717, 1.165) is 11.4 Å². The summed E-state index contributed by atoms with van der Waals surface area (Å²) in [6.45, 7) is 1.88. The molecular formula is C13H14N4O. The van der Waals surface area contributed by atoms with Crippen molar-refractivity contribution in [3.05, 3.63) is 48.0 Å². The summed E-state index contributed by atoms with van der Waals surface area (Å²) in [6.07, 6.45) is 4.81. The molecule has 0 aromatic carbocycles. The van der Waals surface area contributed by atoms with Gasteiger partial charge in [0.25, 0.3) is 5.91 Å². The normalized spacial score (nSPS) is 9.89. The second-order valence-corrected chi connectivity index (χ2v) is 3.82. The van der Waals surface area contributed by atoms with Gasteiger partial charge in [-0.2, -0.15) is 0 Å². The second-order valence-electron chi connectivity index (χ2n) is 3.82. The lowest BCUT2D eigenvalue weighted by atomic mass is 10.2. The molecule has 0 bridgehead atoms. The maximum atomic E-state index is 12.1. The number of nitrogens with zero attached hydrogens (tertiary/aromatic N) is 2. The number of aromatic nitrogens is 2. The Morgan fingerprint density at radius 2 is 2.17 bits per heavy atom. The number of pyridine rings is 2. The molecule has 5 nitrogen and oxygen atoms in total. The van der Waals surface area contributed by atoms with Crippen molar-refractivity contribution >= 4 is 17.3 Å². The number of carbonyl (C=O) groups excluding carboxylic acids is 1. The van der Waals surface area contributed by atoms with Crippen LogP contribution in [-0.2, 0) is 0 Å². The molecule has 2 heterocycles. The highest BCUT2D eigenvalue weighted by atomic mass is 16.1. The first-order chi connectivity index (χ1) is 8.70. The van der Waals surface area contributed by atoms with E-state index in [4.69, 9.17) is 0 Å². The minimum Gasteiger partial charge on any atom is -0.387 e. The fourth-order valence-electron chi connectivity index (χ4n) is 1.58. The van der Waals surface area contributed by atoms with Crippen molar-refractivity contribution in [2.75, 3.05) is 17.7 Å². The first kappa shape index (κ1) is 12.0. The third-order valence-electron chi connectivity index (χ3n) is 2.47. The fraction of sp³-hybridized carbons (Fsp3) is 0.154. The van der Waals surface area contributed by atoms with E-state index in [0.29, 0.717) is 11.3 Å². The molecule has 0 saturated heterocycles. The van der Waals surface area contributed by atoms with Crippen LogP contribution in [0, 0.1) is 6.92 Å². The van der Waals surface area contributed by atoms with E-state index in [-0.39, 0.29) is 5.91 Å². The van der Waals surface area contributed by atoms with Gasteiger partial charge < -0.3 is 10.6 Å². The highest BCUT2D eigenvalue weighted by Crippen LogP contribution is 2.16. The molecule has 2 N–H and O–H groups in total. The van der Waals surface area contributed by atoms with Crippen molar-refractivity contribution in [3.8, 4) is 0 Å². The highest BCUT2D eigenvalue weighted by molar-refractivity contribution is 6.07. The molecule has 92 valence electrons. The number of nitrogens with one attached hydrogen (secondary N) is 2. The van der Waals surface area contributed by atoms with Crippen LogP contribution < -0.4 is 10.6 Å². The van der Waals surface area contributed by atoms with E-state index in [1.165, 1.54) is 0 Å². The minimum absolute atomic E-state index is 0.208. The van der Waals surface area contributed by atoms with E-state index >= 15 is 0 Å². The molecule has 0 fully saturated rings. The monoisotopic (exact) mass is 242 g/mol. The molecule has 0 aliphatic carbocycles. The Hall–Kier alpha value is -2.43. The number of carbonyl (C=O) groups is 1. The van der Waals surface area contributed by atoms with Gasteiger partial charge in [-0.3, -0.25) is 14.8 Å². The lowest BCUT2D eigenvalue weighted by Gasteiger charge is -2.09. The van der Waals surface area contributed by atoms with E-state index < -0.39 is 0 Å². The number of rotatable bonds is 3. The number of amides is 1. The number of aryl methyl sites for hydroxylation is 1. The lowest BCUT2D eigenvalue weighted by Crippen LogP contribution is -2.14. The van der Waals surface area contributed by atoms with Crippen molar-refractivity contribution in [1.82, 2.24) is 9.97 Å². The summed E-state index contributed by atoms with van der Waals surface area (Å²) in [5.74, 6) is -0.208. The topological polar surface area (TPSA) is 66.9 Å². The number of hydrogen-bond acceptors (Lipinski definition) is 4. The van der Waals surface area contributed by atoms with Crippen molar-refractivity contribution in [2.45, 2.75) is 6.92 Å². The molecule has 0 aliphatic heterocycles. The van der Waals surface area contributed by atoms with E-state index in [2.05, 4.69) is 20.6 Å². The smallest absolute Gasteiger partial charge is 0.259 e. The summed E-state index contributed by atoms with van der Waals surface area (Å²) in [5.41, 5.74) is 2.78. The average molecular weight is 242 g/mol. The van der Waals surface area contributed by atoms with Gasteiger partial charge in [0.1, 0.15) is 0 Å². The molecule has 0 aliphatic rings. The van der Waals surface area contributed by atoms with Crippen molar-refractivity contribution < 1.29 is 4.79 Å². The van der Waals surface area contributed by atoms with Gasteiger partial charge in [0.05, 0.1) is 23.1 Å². The summed E-state index contributed by atoms with van der Waals surface area (Å²) in [6, 6.07) is 5.38. The van der Waals surface area contributed by atoms with Crippen LogP contribution in [0.4, 0.5) is 11.4 Å². The van der Waals surface area contributed by atoms with Crippen LogP contribution in [0.3, 0.4) is 0 Å². The Labute approximate surface area is 105 Å². The lowest BCUT2D eigenvalue weighted by molar-refractivity contribution is 0.102. The summed E-state index contributed by atoms with van der Waals surface area (Å²) in [7, 11) is 1.77. The Morgan fingerprint density at radius 3 is 2.83 bits per heavy atom. The van der Waals surface area contributed by atoms with Gasteiger partial charge in [0, 0.05) is 25.1 Å². The third kappa shape index (κ3) is 2.63. The van der Waals surface area contributed by atoms with E-state index in [1.807, 2.05) is 13.0 Å². The maximum absolute atomic E-state index is 12.1. The maximum Gasteiger partial charge on any atom is 0.259 e. The molecule has 2 aromatic rings. The minimum atomic E-state index is -0.208. The molecule has 0 spiro atoms. The zero-order chi connectivity index (χ0) is 13.0. The predicted molar refractivity (Wildman–Crippen MR) is 70.7 cm³/mol. The Kier molecular flexibility index (Phi) is 3.52. The summed E-state index contributed by atoms with van der Waals surface area (Å²) < 4.78 is 0. The van der Waals surface area contributed by atoms with Gasteiger partial charge in [0.2, 0.25) is 0 Å². The molecule has 5 heteroatoms. The predicted octanol–water partition coefficient (Wildman–Crippen LogP) is 2.08. The number of anilines is 2. The summed E-state index contributed by atoms with van der Waals surface area (Å²) in [5, 5.41) is 5.76. The third-order valence-corrected chi connectivity index (χ3v) is 2.47. The van der Waals surface area contributed by atoms with Crippen LogP contribution in [0.2, 0.25) is 0 Å². The van der Waals surface area contributed by atoms with Crippen molar-refractivity contribution in [2.24, 2.45) is 0 Å². The summed E-state index contributed by atoms with van der Waals surface area (Å²) >= 11 is 0. The number of hydrogen-bond donors (Lipinski definition) is 2. The van der Waals surface area contributed by atoms with E-state index in [9.17, 15) is 4.79 Å². The van der Waals surface area contributed by atoms with Crippen molar-refractivity contribution in [1.29, 1.82) is 0 Å². The van der Waals surface area contributed by atoms with Crippen LogP contribution in [0.1, 0.15) is 16.1 Å². The molecular weight excluding hydrogens is 228 g/mol. The SMILES string of the molecule is CNc1cc(C)ncc1C(=O)Nc1cccnc1. The van der Waals surface area contributed by atoms with Gasteiger partial charge in [-0.15, -0.1) is 0 Å². The van der Waals surface area contributed by atoms with E-state index in [1.54, 1.807) is 37.8 Å². The zero-order valence-corrected chi connectivity index (χ0v) is 10.3. The zero-order valence-electron chi connectivity index (χ0n) is 10.3.